The van der Waals surface area contributed by atoms with Gasteiger partial charge in [0.2, 0.25) is 11.8 Å². The van der Waals surface area contributed by atoms with Gasteiger partial charge in [-0.2, -0.15) is 4.28 Å². The van der Waals surface area contributed by atoms with Gasteiger partial charge < -0.3 is 18.6 Å². The SMILES string of the molecule is CCc1nc(/C=C/c2cn(-c3ccccc3)nc2OCc2ccc(OCc3nc(-c4cccc(C5=NS(=O)ON5)c4)oc3C)c(OC)c2)cs1. The molecule has 14 heteroatoms. The van der Waals surface area contributed by atoms with E-state index in [9.17, 15) is 4.21 Å². The number of methoxy groups -OCH3 is 1. The number of hydroxylamine groups is 1. The van der Waals surface area contributed by atoms with Crippen LogP contribution in [0.1, 0.15) is 45.8 Å². The van der Waals surface area contributed by atoms with E-state index in [1.807, 2.05) is 103 Å². The summed E-state index contributed by atoms with van der Waals surface area (Å²) in [5, 5.41) is 7.88. The third kappa shape index (κ3) is 7.52. The van der Waals surface area contributed by atoms with Gasteiger partial charge in [-0.25, -0.2) is 24.3 Å². The molecule has 0 fully saturated rings. The number of benzene rings is 3. The summed E-state index contributed by atoms with van der Waals surface area (Å²) in [5.41, 5.74) is 8.14. The van der Waals surface area contributed by atoms with Gasteiger partial charge >= 0.3 is 11.3 Å². The molecule has 12 nitrogen and oxygen atoms in total. The second-order valence-electron chi connectivity index (χ2n) is 11.0. The Labute approximate surface area is 294 Å². The van der Waals surface area contributed by atoms with Crippen LogP contribution in [-0.4, -0.2) is 36.9 Å². The zero-order chi connectivity index (χ0) is 34.5. The van der Waals surface area contributed by atoms with Crippen molar-refractivity contribution < 1.29 is 27.1 Å². The maximum atomic E-state index is 11.5. The Balaban J connectivity index is 1.04. The Morgan fingerprint density at radius 3 is 2.60 bits per heavy atom. The Bertz CT molecular complexity index is 2210. The number of oxazole rings is 1. The van der Waals surface area contributed by atoms with Crippen molar-refractivity contribution in [1.29, 1.82) is 0 Å². The van der Waals surface area contributed by atoms with E-state index < -0.39 is 11.3 Å². The van der Waals surface area contributed by atoms with E-state index in [0.29, 0.717) is 46.1 Å². The minimum absolute atomic E-state index is 0.160. The second-order valence-corrected chi connectivity index (χ2v) is 12.8. The first kappa shape index (κ1) is 33.0. The zero-order valence-corrected chi connectivity index (χ0v) is 29.0. The van der Waals surface area contributed by atoms with Gasteiger partial charge in [0, 0.05) is 22.7 Å². The minimum atomic E-state index is -1.76. The summed E-state index contributed by atoms with van der Waals surface area (Å²) in [6.45, 7) is 4.35. The van der Waals surface area contributed by atoms with Gasteiger partial charge in [0.1, 0.15) is 24.7 Å². The molecular formula is C36H32N6O6S2. The molecule has 0 saturated heterocycles. The molecule has 50 heavy (non-hydrogen) atoms. The molecule has 1 unspecified atom stereocenters. The molecule has 0 bridgehead atoms. The third-order valence-electron chi connectivity index (χ3n) is 7.65. The summed E-state index contributed by atoms with van der Waals surface area (Å²) in [7, 11) is 1.59. The van der Waals surface area contributed by atoms with Crippen molar-refractivity contribution in [2.24, 2.45) is 4.40 Å². The maximum absolute atomic E-state index is 11.5. The summed E-state index contributed by atoms with van der Waals surface area (Å²) in [6, 6.07) is 22.9. The molecule has 7 rings (SSSR count). The van der Waals surface area contributed by atoms with E-state index >= 15 is 0 Å². The van der Waals surface area contributed by atoms with E-state index in [1.54, 1.807) is 23.1 Å². The molecular weight excluding hydrogens is 677 g/mol. The lowest BCUT2D eigenvalue weighted by atomic mass is 10.1. The van der Waals surface area contributed by atoms with Crippen LogP contribution < -0.4 is 19.7 Å². The fourth-order valence-electron chi connectivity index (χ4n) is 5.05. The predicted molar refractivity (Wildman–Crippen MR) is 191 cm³/mol. The highest BCUT2D eigenvalue weighted by molar-refractivity contribution is 7.79. The average molecular weight is 709 g/mol. The first-order valence-corrected chi connectivity index (χ1v) is 17.6. The molecule has 254 valence electrons. The van der Waals surface area contributed by atoms with Gasteiger partial charge in [0.25, 0.3) is 0 Å². The lowest BCUT2D eigenvalue weighted by Crippen LogP contribution is -2.17. The Morgan fingerprint density at radius 1 is 0.960 bits per heavy atom. The monoisotopic (exact) mass is 708 g/mol. The molecule has 1 aliphatic heterocycles. The maximum Gasteiger partial charge on any atom is 0.309 e. The van der Waals surface area contributed by atoms with Crippen LogP contribution in [0.2, 0.25) is 0 Å². The largest absolute Gasteiger partial charge is 0.493 e. The first-order valence-electron chi connectivity index (χ1n) is 15.7. The van der Waals surface area contributed by atoms with Crippen molar-refractivity contribution in [2.75, 3.05) is 7.11 Å². The summed E-state index contributed by atoms with van der Waals surface area (Å²) in [4.78, 5) is 9.31. The smallest absolute Gasteiger partial charge is 0.309 e. The number of amidine groups is 1. The molecule has 0 aliphatic carbocycles. The van der Waals surface area contributed by atoms with Crippen LogP contribution in [0.25, 0.3) is 29.3 Å². The number of rotatable bonds is 13. The highest BCUT2D eigenvalue weighted by atomic mass is 32.2. The van der Waals surface area contributed by atoms with Crippen LogP contribution >= 0.6 is 11.3 Å². The topological polar surface area (TPSA) is 135 Å². The lowest BCUT2D eigenvalue weighted by Gasteiger charge is -2.12. The quantitative estimate of drug-likeness (QED) is 0.133. The summed E-state index contributed by atoms with van der Waals surface area (Å²) >= 11 is -0.108. The van der Waals surface area contributed by atoms with Crippen LogP contribution in [0.4, 0.5) is 0 Å². The lowest BCUT2D eigenvalue weighted by molar-refractivity contribution is 0.275. The minimum Gasteiger partial charge on any atom is -0.493 e. The van der Waals surface area contributed by atoms with Gasteiger partial charge in [-0.3, -0.25) is 0 Å². The summed E-state index contributed by atoms with van der Waals surface area (Å²) < 4.78 is 46.0. The predicted octanol–water partition coefficient (Wildman–Crippen LogP) is 7.05. The Kier molecular flexibility index (Phi) is 9.82. The van der Waals surface area contributed by atoms with Gasteiger partial charge in [-0.1, -0.05) is 43.3 Å². The number of ether oxygens (including phenoxy) is 3. The molecule has 1 atom stereocenters. The van der Waals surface area contributed by atoms with Crippen molar-refractivity contribution in [2.45, 2.75) is 33.5 Å². The number of nitrogens with one attached hydrogen (secondary N) is 1. The van der Waals surface area contributed by atoms with Gasteiger partial charge in [0.15, 0.2) is 17.3 Å². The third-order valence-corrected chi connectivity index (χ3v) is 9.22. The number of hydrogen-bond acceptors (Lipinski definition) is 11. The molecule has 4 heterocycles. The van der Waals surface area contributed by atoms with Gasteiger partial charge in [-0.15, -0.1) is 20.8 Å². The highest BCUT2D eigenvalue weighted by Gasteiger charge is 2.18. The molecule has 0 radical (unpaired) electrons. The molecule has 0 spiro atoms. The molecule has 6 aromatic rings. The number of aromatic nitrogens is 4. The van der Waals surface area contributed by atoms with Crippen LogP contribution in [0, 0.1) is 6.92 Å². The number of aryl methyl sites for hydroxylation is 2. The molecule has 0 saturated carbocycles. The number of nitrogens with zero attached hydrogens (tertiary/aromatic N) is 5. The highest BCUT2D eigenvalue weighted by Crippen LogP contribution is 2.31. The number of para-hydroxylation sites is 1. The van der Waals surface area contributed by atoms with E-state index in [0.717, 1.165) is 39.5 Å². The van der Waals surface area contributed by atoms with Crippen LogP contribution in [0.5, 0.6) is 17.4 Å². The molecule has 1 aliphatic rings. The van der Waals surface area contributed by atoms with E-state index in [-0.39, 0.29) is 13.2 Å². The Hall–Kier alpha value is -5.57. The number of thiazole rings is 1. The summed E-state index contributed by atoms with van der Waals surface area (Å²) in [6.07, 6.45) is 6.80. The normalized spacial score (nSPS) is 14.1. The number of hydrogen-bond donors (Lipinski definition) is 1. The zero-order valence-electron chi connectivity index (χ0n) is 27.4. The fraction of sp³-hybridized carbons (Fsp3) is 0.167. The molecule has 0 amide bonds. The van der Waals surface area contributed by atoms with Crippen LogP contribution in [-0.2, 0) is 35.2 Å². The van der Waals surface area contributed by atoms with Crippen molar-refractivity contribution in [3.05, 3.63) is 123 Å². The second kappa shape index (κ2) is 14.9. The van der Waals surface area contributed by atoms with Crippen LogP contribution in [0.3, 0.4) is 0 Å². The van der Waals surface area contributed by atoms with Crippen molar-refractivity contribution in [1.82, 2.24) is 25.2 Å². The van der Waals surface area contributed by atoms with Gasteiger partial charge in [0.05, 0.1) is 29.1 Å². The molecule has 3 aromatic heterocycles. The standard InChI is InChI=1S/C36H32N6O6S2/c1-4-33-37-28(22-49-33)15-14-27-19-42(29-11-6-5-7-12-29)39-36(27)46-20-24-13-16-31(32(17-24)44-3)45-21-30-23(2)47-35(38-30)26-10-8-9-25(18-26)34-40-48-50(43)41-34/h5-19,22H,4,20-21H2,1-3H3,(H,40,41)/b15-14+. The van der Waals surface area contributed by atoms with Crippen LogP contribution in [0.15, 0.2) is 93.2 Å². The van der Waals surface area contributed by atoms with Crippen molar-refractivity contribution in [3.8, 4) is 34.5 Å². The Morgan fingerprint density at radius 2 is 1.82 bits per heavy atom. The molecule has 1 N–H and O–H groups in total. The van der Waals surface area contributed by atoms with E-state index in [4.69, 9.17) is 28.0 Å². The first-order chi connectivity index (χ1) is 24.4. The van der Waals surface area contributed by atoms with Crippen molar-refractivity contribution >= 4 is 40.6 Å². The van der Waals surface area contributed by atoms with Gasteiger partial charge in [-0.05, 0) is 67.5 Å². The summed E-state index contributed by atoms with van der Waals surface area (Å²) in [5.74, 6) is 3.00. The molecule has 3 aromatic carbocycles. The van der Waals surface area contributed by atoms with E-state index in [2.05, 4.69) is 26.8 Å². The van der Waals surface area contributed by atoms with E-state index in [1.165, 1.54) is 0 Å². The average Bonchev–Trinajstić information content (AvgIpc) is 3.97. The fourth-order valence-corrected chi connectivity index (χ4v) is 6.24. The van der Waals surface area contributed by atoms with Crippen molar-refractivity contribution in [3.63, 3.8) is 0 Å².